The number of cyclic esters (lactones) is 1. The third kappa shape index (κ3) is 3.48. The van der Waals surface area contributed by atoms with Gasteiger partial charge in [0.05, 0.1) is 11.6 Å². The molecule has 146 valence electrons. The van der Waals surface area contributed by atoms with Gasteiger partial charge in [0, 0.05) is 28.3 Å². The van der Waals surface area contributed by atoms with E-state index in [1.54, 1.807) is 0 Å². The second-order valence-corrected chi connectivity index (χ2v) is 8.69. The van der Waals surface area contributed by atoms with Crippen LogP contribution in [0, 0.1) is 29.6 Å². The molecule has 3 nitrogen and oxygen atoms in total. The second-order valence-electron chi connectivity index (χ2n) is 8.29. The van der Waals surface area contributed by atoms with Crippen LogP contribution in [0.4, 0.5) is 0 Å². The molecule has 1 aromatic heterocycles. The van der Waals surface area contributed by atoms with E-state index in [-0.39, 0.29) is 23.9 Å². The third-order valence-electron chi connectivity index (χ3n) is 6.65. The average Bonchev–Trinajstić information content (AvgIpc) is 2.96. The van der Waals surface area contributed by atoms with E-state index in [2.05, 4.69) is 37.0 Å². The van der Waals surface area contributed by atoms with Crippen LogP contribution in [0.25, 0.3) is 17.2 Å². The lowest BCUT2D eigenvalue weighted by atomic mass is 9.62. The summed E-state index contributed by atoms with van der Waals surface area (Å²) < 4.78 is 5.56. The van der Waals surface area contributed by atoms with Crippen LogP contribution in [0.15, 0.2) is 48.7 Å². The zero-order valence-corrected chi connectivity index (χ0v) is 17.3. The summed E-state index contributed by atoms with van der Waals surface area (Å²) in [6, 6.07) is 11.9. The number of pyridine rings is 1. The van der Waals surface area contributed by atoms with Gasteiger partial charge in [-0.1, -0.05) is 55.8 Å². The van der Waals surface area contributed by atoms with E-state index in [0.717, 1.165) is 28.3 Å². The molecular weight excluding hydrogens is 370 g/mol. The molecule has 0 bridgehead atoms. The zero-order chi connectivity index (χ0) is 19.8. The fraction of sp³-hybridized carbons (Fsp3) is 0.417. The summed E-state index contributed by atoms with van der Waals surface area (Å²) in [6.45, 7) is 6.57. The number of carbonyl (C=O) groups excluding carboxylic acids is 1. The fourth-order valence-electron chi connectivity index (χ4n) is 4.88. The summed E-state index contributed by atoms with van der Waals surface area (Å²) >= 11 is 6.29. The highest BCUT2D eigenvalue weighted by Gasteiger charge is 2.51. The molecule has 2 aliphatic rings. The number of ether oxygens (including phenoxy) is 1. The van der Waals surface area contributed by atoms with Crippen LogP contribution < -0.4 is 0 Å². The van der Waals surface area contributed by atoms with Crippen molar-refractivity contribution in [1.82, 2.24) is 4.98 Å². The van der Waals surface area contributed by atoms with Crippen molar-refractivity contribution in [2.24, 2.45) is 29.6 Å². The SMILES string of the molecule is C[C@H]1[C@H](C=Cc2ccc(-c3ccccc3Cl)cn2)[C@@H]2[C@@H](C)OC(=O)[C@@H]2C[C@@H]1C. The molecule has 2 aromatic rings. The maximum absolute atomic E-state index is 12.2. The molecule has 1 saturated heterocycles. The first-order valence-electron chi connectivity index (χ1n) is 10.1. The highest BCUT2D eigenvalue weighted by Crippen LogP contribution is 2.48. The first-order chi connectivity index (χ1) is 13.5. The normalized spacial score (nSPS) is 32.4. The van der Waals surface area contributed by atoms with Gasteiger partial charge in [0.2, 0.25) is 0 Å². The van der Waals surface area contributed by atoms with Crippen molar-refractivity contribution in [3.8, 4) is 11.1 Å². The van der Waals surface area contributed by atoms with Gasteiger partial charge in [-0.25, -0.2) is 0 Å². The summed E-state index contributed by atoms with van der Waals surface area (Å²) in [6.07, 6.45) is 7.11. The number of benzene rings is 1. The van der Waals surface area contributed by atoms with Gasteiger partial charge >= 0.3 is 5.97 Å². The lowest BCUT2D eigenvalue weighted by Crippen LogP contribution is -2.39. The largest absolute Gasteiger partial charge is 0.462 e. The molecule has 1 aliphatic carbocycles. The molecule has 0 amide bonds. The van der Waals surface area contributed by atoms with Crippen LogP contribution in [-0.4, -0.2) is 17.1 Å². The summed E-state index contributed by atoms with van der Waals surface area (Å²) in [7, 11) is 0. The number of allylic oxidation sites excluding steroid dienone is 1. The molecule has 4 rings (SSSR count). The minimum Gasteiger partial charge on any atom is -0.462 e. The van der Waals surface area contributed by atoms with Gasteiger partial charge in [-0.3, -0.25) is 9.78 Å². The molecule has 4 heteroatoms. The topological polar surface area (TPSA) is 39.2 Å². The molecule has 28 heavy (non-hydrogen) atoms. The van der Waals surface area contributed by atoms with Crippen LogP contribution in [0.1, 0.15) is 32.9 Å². The maximum atomic E-state index is 12.2. The molecule has 0 N–H and O–H groups in total. The number of nitrogens with zero attached hydrogens (tertiary/aromatic N) is 1. The standard InChI is InChI=1S/C24H26ClNO2/c1-14-12-21-23(16(3)28-24(21)27)19(15(14)2)11-10-18-9-8-17(13-26-18)20-6-4-5-7-22(20)25/h4-11,13-16,19,21,23H,12H2,1-3H3/t14-,15+,16+,19-,21+,23-/m0/s1. The molecule has 1 aromatic carbocycles. The summed E-state index contributed by atoms with van der Waals surface area (Å²) in [5.41, 5.74) is 2.90. The van der Waals surface area contributed by atoms with Crippen molar-refractivity contribution in [3.05, 3.63) is 59.4 Å². The number of rotatable bonds is 3. The average molecular weight is 396 g/mol. The Morgan fingerprint density at radius 2 is 1.93 bits per heavy atom. The number of halogens is 1. The minimum atomic E-state index is -0.0168. The number of aromatic nitrogens is 1. The van der Waals surface area contributed by atoms with Gasteiger partial charge in [0.15, 0.2) is 0 Å². The summed E-state index contributed by atoms with van der Waals surface area (Å²) in [4.78, 5) is 16.8. The smallest absolute Gasteiger partial charge is 0.309 e. The van der Waals surface area contributed by atoms with Crippen LogP contribution in [0.2, 0.25) is 5.02 Å². The lowest BCUT2D eigenvalue weighted by molar-refractivity contribution is -0.144. The molecular formula is C24H26ClNO2. The van der Waals surface area contributed by atoms with E-state index in [0.29, 0.717) is 17.8 Å². The monoisotopic (exact) mass is 395 g/mol. The van der Waals surface area contributed by atoms with Crippen molar-refractivity contribution >= 4 is 23.6 Å². The van der Waals surface area contributed by atoms with Gasteiger partial charge in [-0.2, -0.15) is 0 Å². The number of esters is 1. The van der Waals surface area contributed by atoms with Crippen LogP contribution >= 0.6 is 11.6 Å². The predicted octanol–water partition coefficient (Wildman–Crippen LogP) is 5.89. The van der Waals surface area contributed by atoms with Crippen molar-refractivity contribution in [2.45, 2.75) is 33.3 Å². The van der Waals surface area contributed by atoms with E-state index in [9.17, 15) is 4.79 Å². The predicted molar refractivity (Wildman–Crippen MR) is 113 cm³/mol. The van der Waals surface area contributed by atoms with Crippen molar-refractivity contribution in [1.29, 1.82) is 0 Å². The highest BCUT2D eigenvalue weighted by atomic mass is 35.5. The highest BCUT2D eigenvalue weighted by molar-refractivity contribution is 6.33. The quantitative estimate of drug-likeness (QED) is 0.608. The molecule has 0 spiro atoms. The molecule has 0 radical (unpaired) electrons. The Labute approximate surface area is 171 Å². The van der Waals surface area contributed by atoms with E-state index < -0.39 is 0 Å². The summed E-state index contributed by atoms with van der Waals surface area (Å²) in [5, 5.41) is 0.726. The Balaban J connectivity index is 1.56. The van der Waals surface area contributed by atoms with Crippen LogP contribution in [0.3, 0.4) is 0 Å². The molecule has 2 heterocycles. The number of fused-ring (bicyclic) bond motifs is 1. The Morgan fingerprint density at radius 3 is 2.64 bits per heavy atom. The number of carbonyl (C=O) groups is 1. The number of hydrogen-bond donors (Lipinski definition) is 0. The number of hydrogen-bond acceptors (Lipinski definition) is 3. The van der Waals surface area contributed by atoms with Crippen molar-refractivity contribution in [3.63, 3.8) is 0 Å². The Bertz CT molecular complexity index is 892. The van der Waals surface area contributed by atoms with Crippen LogP contribution in [-0.2, 0) is 9.53 Å². The van der Waals surface area contributed by atoms with Gasteiger partial charge in [0.25, 0.3) is 0 Å². The fourth-order valence-corrected chi connectivity index (χ4v) is 5.13. The molecule has 1 aliphatic heterocycles. The second kappa shape index (κ2) is 7.71. The summed E-state index contributed by atoms with van der Waals surface area (Å²) in [5.74, 6) is 1.61. The Morgan fingerprint density at radius 1 is 1.14 bits per heavy atom. The first-order valence-corrected chi connectivity index (χ1v) is 10.4. The van der Waals surface area contributed by atoms with E-state index in [1.165, 1.54) is 0 Å². The molecule has 2 fully saturated rings. The Hall–Kier alpha value is -2.13. The van der Waals surface area contributed by atoms with E-state index in [1.807, 2.05) is 43.5 Å². The third-order valence-corrected chi connectivity index (χ3v) is 6.98. The molecule has 0 unspecified atom stereocenters. The molecule has 1 saturated carbocycles. The molecule has 6 atom stereocenters. The van der Waals surface area contributed by atoms with Gasteiger partial charge in [-0.15, -0.1) is 0 Å². The maximum Gasteiger partial charge on any atom is 0.309 e. The minimum absolute atomic E-state index is 0.0161. The lowest BCUT2D eigenvalue weighted by Gasteiger charge is -2.40. The van der Waals surface area contributed by atoms with Gasteiger partial charge < -0.3 is 4.74 Å². The van der Waals surface area contributed by atoms with E-state index in [4.69, 9.17) is 16.3 Å². The van der Waals surface area contributed by atoms with E-state index >= 15 is 0 Å². The zero-order valence-electron chi connectivity index (χ0n) is 16.5. The van der Waals surface area contributed by atoms with Crippen molar-refractivity contribution in [2.75, 3.05) is 0 Å². The van der Waals surface area contributed by atoms with Crippen molar-refractivity contribution < 1.29 is 9.53 Å². The Kier molecular flexibility index (Phi) is 5.29. The first kappa shape index (κ1) is 19.2. The van der Waals surface area contributed by atoms with Crippen LogP contribution in [0.5, 0.6) is 0 Å². The van der Waals surface area contributed by atoms with Gasteiger partial charge in [0.1, 0.15) is 6.10 Å². The van der Waals surface area contributed by atoms with Gasteiger partial charge in [-0.05, 0) is 49.3 Å².